The van der Waals surface area contributed by atoms with E-state index in [-0.39, 0.29) is 6.04 Å². The summed E-state index contributed by atoms with van der Waals surface area (Å²) in [6, 6.07) is 4.75. The highest BCUT2D eigenvalue weighted by molar-refractivity contribution is 5.78. The number of nitrogens with two attached hydrogens (primary N) is 1. The molecule has 0 spiro atoms. The third-order valence-electron chi connectivity index (χ3n) is 4.72. The predicted octanol–water partition coefficient (Wildman–Crippen LogP) is 2.77. The van der Waals surface area contributed by atoms with E-state index in [2.05, 4.69) is 42.4 Å². The van der Waals surface area contributed by atoms with E-state index in [1.807, 2.05) is 0 Å². The molecular weight excluding hydrogens is 260 g/mol. The standard InChI is InChI=1S/C17H26N4/c1-12-8-15-16(9-13(12)2)21(14(3)10-18)17(19-15)11-20-6-4-5-7-20/h8-9,14H,4-7,10-11,18H2,1-3H3. The second-order valence-electron chi connectivity index (χ2n) is 6.39. The molecule has 0 bridgehead atoms. The largest absolute Gasteiger partial charge is 0.328 e. The van der Waals surface area contributed by atoms with E-state index in [1.165, 1.54) is 42.6 Å². The fraction of sp³-hybridized carbons (Fsp3) is 0.588. The number of rotatable bonds is 4. The minimum absolute atomic E-state index is 0.287. The van der Waals surface area contributed by atoms with Crippen LogP contribution in [-0.2, 0) is 6.54 Å². The van der Waals surface area contributed by atoms with Crippen molar-refractivity contribution < 1.29 is 0 Å². The Hall–Kier alpha value is -1.39. The van der Waals surface area contributed by atoms with Gasteiger partial charge < -0.3 is 10.3 Å². The summed E-state index contributed by atoms with van der Waals surface area (Å²) >= 11 is 0. The molecule has 21 heavy (non-hydrogen) atoms. The lowest BCUT2D eigenvalue weighted by Crippen LogP contribution is -2.24. The molecule has 3 rings (SSSR count). The molecule has 0 saturated carbocycles. The Morgan fingerprint density at radius 3 is 2.52 bits per heavy atom. The van der Waals surface area contributed by atoms with Gasteiger partial charge in [-0.1, -0.05) is 0 Å². The van der Waals surface area contributed by atoms with Gasteiger partial charge in [-0.3, -0.25) is 4.90 Å². The molecule has 0 radical (unpaired) electrons. The maximum Gasteiger partial charge on any atom is 0.124 e. The van der Waals surface area contributed by atoms with Crippen LogP contribution in [0.4, 0.5) is 0 Å². The van der Waals surface area contributed by atoms with Crippen LogP contribution >= 0.6 is 0 Å². The van der Waals surface area contributed by atoms with Crippen molar-refractivity contribution in [1.82, 2.24) is 14.5 Å². The zero-order valence-electron chi connectivity index (χ0n) is 13.4. The average molecular weight is 286 g/mol. The van der Waals surface area contributed by atoms with Crippen LogP contribution in [0.25, 0.3) is 11.0 Å². The summed E-state index contributed by atoms with van der Waals surface area (Å²) in [5, 5.41) is 0. The average Bonchev–Trinajstić information content (AvgIpc) is 3.07. The first-order chi connectivity index (χ1) is 10.1. The molecule has 1 saturated heterocycles. The second kappa shape index (κ2) is 5.78. The van der Waals surface area contributed by atoms with Crippen LogP contribution in [0.3, 0.4) is 0 Å². The first kappa shape index (κ1) is 14.5. The predicted molar refractivity (Wildman–Crippen MR) is 87.5 cm³/mol. The smallest absolute Gasteiger partial charge is 0.124 e. The van der Waals surface area contributed by atoms with Gasteiger partial charge in [0.25, 0.3) is 0 Å². The van der Waals surface area contributed by atoms with Crippen molar-refractivity contribution in [3.63, 3.8) is 0 Å². The van der Waals surface area contributed by atoms with E-state index in [0.717, 1.165) is 17.9 Å². The second-order valence-corrected chi connectivity index (χ2v) is 6.39. The van der Waals surface area contributed by atoms with Crippen molar-refractivity contribution in [1.29, 1.82) is 0 Å². The van der Waals surface area contributed by atoms with E-state index in [0.29, 0.717) is 6.54 Å². The van der Waals surface area contributed by atoms with E-state index in [9.17, 15) is 0 Å². The fourth-order valence-electron chi connectivity index (χ4n) is 3.25. The van der Waals surface area contributed by atoms with Crippen molar-refractivity contribution in [2.75, 3.05) is 19.6 Å². The topological polar surface area (TPSA) is 47.1 Å². The quantitative estimate of drug-likeness (QED) is 0.940. The van der Waals surface area contributed by atoms with Crippen molar-refractivity contribution in [2.45, 2.75) is 46.2 Å². The Labute approximate surface area is 126 Å². The third-order valence-corrected chi connectivity index (χ3v) is 4.72. The first-order valence-corrected chi connectivity index (χ1v) is 8.00. The molecule has 2 N–H and O–H groups in total. The molecule has 4 heteroatoms. The van der Waals surface area contributed by atoms with Gasteiger partial charge in [0.15, 0.2) is 0 Å². The molecule has 1 aliphatic rings. The Balaban J connectivity index is 2.08. The molecule has 1 aromatic carbocycles. The molecular formula is C17H26N4. The van der Waals surface area contributed by atoms with Crippen LogP contribution in [0.1, 0.15) is 42.8 Å². The van der Waals surface area contributed by atoms with Crippen LogP contribution in [-0.4, -0.2) is 34.1 Å². The minimum atomic E-state index is 0.287. The molecule has 114 valence electrons. The first-order valence-electron chi connectivity index (χ1n) is 8.00. The Morgan fingerprint density at radius 2 is 1.86 bits per heavy atom. The van der Waals surface area contributed by atoms with Gasteiger partial charge in [-0.05, 0) is 70.0 Å². The highest BCUT2D eigenvalue weighted by atomic mass is 15.2. The van der Waals surface area contributed by atoms with Gasteiger partial charge >= 0.3 is 0 Å². The summed E-state index contributed by atoms with van der Waals surface area (Å²) in [7, 11) is 0. The van der Waals surface area contributed by atoms with Crippen LogP contribution in [0.2, 0.25) is 0 Å². The number of imidazole rings is 1. The third kappa shape index (κ3) is 2.70. The van der Waals surface area contributed by atoms with Gasteiger partial charge in [0.1, 0.15) is 5.82 Å². The molecule has 0 aliphatic carbocycles. The number of hydrogen-bond donors (Lipinski definition) is 1. The number of hydrogen-bond acceptors (Lipinski definition) is 3. The maximum atomic E-state index is 5.94. The molecule has 1 aliphatic heterocycles. The van der Waals surface area contributed by atoms with Gasteiger partial charge in [-0.15, -0.1) is 0 Å². The zero-order valence-corrected chi connectivity index (χ0v) is 13.4. The van der Waals surface area contributed by atoms with Crippen LogP contribution in [0, 0.1) is 13.8 Å². The van der Waals surface area contributed by atoms with Crippen molar-refractivity contribution in [3.05, 3.63) is 29.1 Å². The number of aryl methyl sites for hydroxylation is 2. The lowest BCUT2D eigenvalue weighted by atomic mass is 10.1. The Morgan fingerprint density at radius 1 is 1.19 bits per heavy atom. The molecule has 0 amide bonds. The number of aromatic nitrogens is 2. The number of benzene rings is 1. The maximum absolute atomic E-state index is 5.94. The SMILES string of the molecule is Cc1cc2nc(CN3CCCC3)n(C(C)CN)c2cc1C. The van der Waals surface area contributed by atoms with Gasteiger partial charge in [0.2, 0.25) is 0 Å². The zero-order chi connectivity index (χ0) is 15.0. The fourth-order valence-corrected chi connectivity index (χ4v) is 3.25. The summed E-state index contributed by atoms with van der Waals surface area (Å²) in [6.07, 6.45) is 2.62. The molecule has 1 atom stereocenters. The summed E-state index contributed by atoms with van der Waals surface area (Å²) in [5.74, 6) is 1.16. The van der Waals surface area contributed by atoms with Crippen LogP contribution < -0.4 is 5.73 Å². The normalized spacial score (nSPS) is 17.7. The van der Waals surface area contributed by atoms with Crippen molar-refractivity contribution in [2.24, 2.45) is 5.73 Å². The van der Waals surface area contributed by atoms with Gasteiger partial charge in [-0.25, -0.2) is 4.98 Å². The molecule has 1 unspecified atom stereocenters. The highest BCUT2D eigenvalue weighted by Gasteiger charge is 2.19. The van der Waals surface area contributed by atoms with E-state index in [4.69, 9.17) is 10.7 Å². The summed E-state index contributed by atoms with van der Waals surface area (Å²) in [6.45, 7) is 10.5. The number of likely N-dealkylation sites (tertiary alicyclic amines) is 1. The van der Waals surface area contributed by atoms with E-state index >= 15 is 0 Å². The summed E-state index contributed by atoms with van der Waals surface area (Å²) in [5.41, 5.74) is 10.9. The van der Waals surface area contributed by atoms with Crippen molar-refractivity contribution in [3.8, 4) is 0 Å². The number of fused-ring (bicyclic) bond motifs is 1. The number of nitrogens with zero attached hydrogens (tertiary/aromatic N) is 3. The molecule has 1 aromatic heterocycles. The minimum Gasteiger partial charge on any atom is -0.328 e. The van der Waals surface area contributed by atoms with Crippen LogP contribution in [0.5, 0.6) is 0 Å². The molecule has 4 nitrogen and oxygen atoms in total. The van der Waals surface area contributed by atoms with Gasteiger partial charge in [0, 0.05) is 12.6 Å². The Kier molecular flexibility index (Phi) is 4.00. The van der Waals surface area contributed by atoms with Crippen molar-refractivity contribution >= 4 is 11.0 Å². The molecule has 1 fully saturated rings. The summed E-state index contributed by atoms with van der Waals surface area (Å²) < 4.78 is 2.35. The van der Waals surface area contributed by atoms with E-state index in [1.54, 1.807) is 0 Å². The Bertz CT molecular complexity index is 638. The van der Waals surface area contributed by atoms with E-state index < -0.39 is 0 Å². The summed E-state index contributed by atoms with van der Waals surface area (Å²) in [4.78, 5) is 7.41. The van der Waals surface area contributed by atoms with Gasteiger partial charge in [-0.2, -0.15) is 0 Å². The molecule has 2 heterocycles. The van der Waals surface area contributed by atoms with Gasteiger partial charge in [0.05, 0.1) is 17.6 Å². The van der Waals surface area contributed by atoms with Crippen LogP contribution in [0.15, 0.2) is 12.1 Å². The lowest BCUT2D eigenvalue weighted by Gasteiger charge is -2.19. The molecule has 2 aromatic rings. The monoisotopic (exact) mass is 286 g/mol. The highest BCUT2D eigenvalue weighted by Crippen LogP contribution is 2.25. The lowest BCUT2D eigenvalue weighted by molar-refractivity contribution is 0.313.